The van der Waals surface area contributed by atoms with E-state index in [2.05, 4.69) is 46.7 Å². The summed E-state index contributed by atoms with van der Waals surface area (Å²) in [6, 6.07) is 0. The molecule has 0 saturated heterocycles. The predicted molar refractivity (Wildman–Crippen MR) is 62.7 cm³/mol. The van der Waals surface area contributed by atoms with E-state index in [0.717, 1.165) is 26.0 Å². The van der Waals surface area contributed by atoms with E-state index in [-0.39, 0.29) is 0 Å². The van der Waals surface area contributed by atoms with Gasteiger partial charge in [-0.3, -0.25) is 0 Å². The topological polar surface area (TPSA) is 12.5 Å². The van der Waals surface area contributed by atoms with Crippen molar-refractivity contribution in [2.24, 2.45) is 5.41 Å². The number of rotatable bonds is 6. The molecule has 86 valence electrons. The zero-order valence-electron chi connectivity index (χ0n) is 10.8. The van der Waals surface area contributed by atoms with Gasteiger partial charge in [0.05, 0.1) is 12.7 Å². The lowest BCUT2D eigenvalue weighted by Gasteiger charge is -2.25. The molecule has 2 nitrogen and oxygen atoms in total. The Bertz CT molecular complexity index is 138. The van der Waals surface area contributed by atoms with Crippen molar-refractivity contribution in [1.82, 2.24) is 4.90 Å². The predicted octanol–water partition coefficient (Wildman–Crippen LogP) is 2.78. The lowest BCUT2D eigenvalue weighted by molar-refractivity contribution is 0.0170. The molecule has 0 fully saturated rings. The number of ether oxygens (including phenoxy) is 1. The van der Waals surface area contributed by atoms with Gasteiger partial charge in [0.1, 0.15) is 0 Å². The van der Waals surface area contributed by atoms with Crippen LogP contribution in [0.15, 0.2) is 0 Å². The summed E-state index contributed by atoms with van der Waals surface area (Å²) in [6.45, 7) is 10.9. The summed E-state index contributed by atoms with van der Waals surface area (Å²) in [7, 11) is 4.15. The third kappa shape index (κ3) is 8.52. The molecule has 1 atom stereocenters. The second kappa shape index (κ2) is 6.41. The molecule has 0 radical (unpaired) electrons. The van der Waals surface area contributed by atoms with E-state index in [4.69, 9.17) is 4.74 Å². The van der Waals surface area contributed by atoms with Crippen molar-refractivity contribution >= 4 is 0 Å². The molecule has 0 amide bonds. The molecule has 2 heteroatoms. The lowest BCUT2D eigenvalue weighted by Crippen LogP contribution is -2.25. The van der Waals surface area contributed by atoms with Crippen molar-refractivity contribution < 1.29 is 4.74 Å². The second-order valence-electron chi connectivity index (χ2n) is 5.47. The minimum absolute atomic E-state index is 0.374. The van der Waals surface area contributed by atoms with Gasteiger partial charge in [0.2, 0.25) is 0 Å². The number of nitrogens with zero attached hydrogens (tertiary/aromatic N) is 1. The van der Waals surface area contributed by atoms with Gasteiger partial charge in [-0.2, -0.15) is 0 Å². The Balaban J connectivity index is 3.69. The number of hydrogen-bond acceptors (Lipinski definition) is 2. The Hall–Kier alpha value is -0.0800. The summed E-state index contributed by atoms with van der Waals surface area (Å²) in [4.78, 5) is 2.16. The molecule has 0 unspecified atom stereocenters. The van der Waals surface area contributed by atoms with Gasteiger partial charge in [-0.15, -0.1) is 0 Å². The summed E-state index contributed by atoms with van der Waals surface area (Å²) in [5.41, 5.74) is 0.374. The van der Waals surface area contributed by atoms with Crippen molar-refractivity contribution in [3.63, 3.8) is 0 Å². The van der Waals surface area contributed by atoms with Crippen LogP contribution in [0.3, 0.4) is 0 Å². The van der Waals surface area contributed by atoms with Crippen molar-refractivity contribution in [1.29, 1.82) is 0 Å². The normalized spacial score (nSPS) is 14.8. The average molecular weight is 201 g/mol. The van der Waals surface area contributed by atoms with Gasteiger partial charge in [-0.05, 0) is 32.4 Å². The molecule has 0 spiro atoms. The molecule has 0 aliphatic rings. The second-order valence-corrected chi connectivity index (χ2v) is 5.47. The van der Waals surface area contributed by atoms with Gasteiger partial charge in [-0.25, -0.2) is 0 Å². The third-order valence-electron chi connectivity index (χ3n) is 2.19. The summed E-state index contributed by atoms with van der Waals surface area (Å²) in [6.07, 6.45) is 2.69. The lowest BCUT2D eigenvalue weighted by atomic mass is 9.88. The van der Waals surface area contributed by atoms with Crippen LogP contribution in [0, 0.1) is 5.41 Å². The summed E-state index contributed by atoms with van der Waals surface area (Å²) >= 11 is 0. The summed E-state index contributed by atoms with van der Waals surface area (Å²) in [5, 5.41) is 0. The van der Waals surface area contributed by atoms with Crippen molar-refractivity contribution in [2.75, 3.05) is 27.2 Å². The van der Waals surface area contributed by atoms with Gasteiger partial charge in [0.15, 0.2) is 0 Å². The average Bonchev–Trinajstić information content (AvgIpc) is 1.99. The zero-order valence-corrected chi connectivity index (χ0v) is 10.8. The highest BCUT2D eigenvalue weighted by Crippen LogP contribution is 2.23. The molecule has 0 aromatic rings. The fraction of sp³-hybridized carbons (Fsp3) is 1.00. The molecule has 0 aromatic heterocycles. The first kappa shape index (κ1) is 13.9. The van der Waals surface area contributed by atoms with E-state index in [1.54, 1.807) is 0 Å². The van der Waals surface area contributed by atoms with E-state index in [1.165, 1.54) is 0 Å². The molecule has 0 N–H and O–H groups in total. The number of hydrogen-bond donors (Lipinski definition) is 0. The molecular weight excluding hydrogens is 174 g/mol. The van der Waals surface area contributed by atoms with E-state index in [1.807, 2.05) is 0 Å². The van der Waals surface area contributed by atoms with Crippen LogP contribution >= 0.6 is 0 Å². The summed E-state index contributed by atoms with van der Waals surface area (Å²) < 4.78 is 5.84. The summed E-state index contributed by atoms with van der Waals surface area (Å²) in [5.74, 6) is 0. The van der Waals surface area contributed by atoms with Crippen LogP contribution in [0.4, 0.5) is 0 Å². The van der Waals surface area contributed by atoms with Gasteiger partial charge < -0.3 is 9.64 Å². The van der Waals surface area contributed by atoms with Crippen LogP contribution in [0.5, 0.6) is 0 Å². The largest absolute Gasteiger partial charge is 0.377 e. The minimum Gasteiger partial charge on any atom is -0.377 e. The SMILES string of the molecule is CC[C@H](CC(C)(C)C)OCCN(C)C. The van der Waals surface area contributed by atoms with Crippen LogP contribution in [0.2, 0.25) is 0 Å². The fourth-order valence-electron chi connectivity index (χ4n) is 1.41. The van der Waals surface area contributed by atoms with Crippen LogP contribution in [0.25, 0.3) is 0 Å². The van der Waals surface area contributed by atoms with Crippen molar-refractivity contribution in [2.45, 2.75) is 46.6 Å². The minimum atomic E-state index is 0.374. The Labute approximate surface area is 89.6 Å². The Morgan fingerprint density at radius 1 is 1.21 bits per heavy atom. The maximum absolute atomic E-state index is 5.84. The Kier molecular flexibility index (Phi) is 6.38. The fourth-order valence-corrected chi connectivity index (χ4v) is 1.41. The maximum Gasteiger partial charge on any atom is 0.0596 e. The van der Waals surface area contributed by atoms with Crippen LogP contribution in [0.1, 0.15) is 40.5 Å². The van der Waals surface area contributed by atoms with Crippen molar-refractivity contribution in [3.8, 4) is 0 Å². The standard InChI is InChI=1S/C12H27NO/c1-7-11(10-12(2,3)4)14-9-8-13(5)6/h11H,7-10H2,1-6H3/t11-/m1/s1. The van der Waals surface area contributed by atoms with Gasteiger partial charge in [0, 0.05) is 6.54 Å². The third-order valence-corrected chi connectivity index (χ3v) is 2.19. The quantitative estimate of drug-likeness (QED) is 0.655. The van der Waals surface area contributed by atoms with Gasteiger partial charge >= 0.3 is 0 Å². The maximum atomic E-state index is 5.84. The van der Waals surface area contributed by atoms with Gasteiger partial charge in [-0.1, -0.05) is 27.7 Å². The monoisotopic (exact) mass is 201 g/mol. The highest BCUT2D eigenvalue weighted by atomic mass is 16.5. The first-order valence-electron chi connectivity index (χ1n) is 5.61. The van der Waals surface area contributed by atoms with Gasteiger partial charge in [0.25, 0.3) is 0 Å². The molecule has 0 aliphatic carbocycles. The Morgan fingerprint density at radius 3 is 2.14 bits per heavy atom. The molecule has 0 heterocycles. The molecular formula is C12H27NO. The molecule has 0 aromatic carbocycles. The molecule has 0 bridgehead atoms. The van der Waals surface area contributed by atoms with Crippen LogP contribution in [-0.4, -0.2) is 38.3 Å². The number of likely N-dealkylation sites (N-methyl/N-ethyl adjacent to an activating group) is 1. The van der Waals surface area contributed by atoms with Crippen LogP contribution in [-0.2, 0) is 4.74 Å². The Morgan fingerprint density at radius 2 is 1.79 bits per heavy atom. The van der Waals surface area contributed by atoms with Crippen molar-refractivity contribution in [3.05, 3.63) is 0 Å². The molecule has 0 rings (SSSR count). The zero-order chi connectivity index (χ0) is 11.2. The van der Waals surface area contributed by atoms with E-state index in [9.17, 15) is 0 Å². The van der Waals surface area contributed by atoms with E-state index < -0.39 is 0 Å². The highest BCUT2D eigenvalue weighted by molar-refractivity contribution is 4.68. The van der Waals surface area contributed by atoms with E-state index >= 15 is 0 Å². The first-order valence-corrected chi connectivity index (χ1v) is 5.61. The first-order chi connectivity index (χ1) is 6.35. The smallest absolute Gasteiger partial charge is 0.0596 e. The molecule has 0 aliphatic heterocycles. The highest BCUT2D eigenvalue weighted by Gasteiger charge is 2.17. The van der Waals surface area contributed by atoms with Crippen LogP contribution < -0.4 is 0 Å². The molecule has 14 heavy (non-hydrogen) atoms. The molecule has 0 saturated carbocycles. The van der Waals surface area contributed by atoms with E-state index in [0.29, 0.717) is 11.5 Å².